The lowest BCUT2D eigenvalue weighted by atomic mass is 10.1. The minimum absolute atomic E-state index is 0.143. The van der Waals surface area contributed by atoms with Crippen LogP contribution in [0.25, 0.3) is 0 Å². The number of hydrogen-bond donors (Lipinski definition) is 0. The first-order valence-corrected chi connectivity index (χ1v) is 5.60. The average molecular weight is 200 g/mol. The van der Waals surface area contributed by atoms with Crippen molar-refractivity contribution in [3.05, 3.63) is 35.9 Å². The van der Waals surface area contributed by atoms with Crippen LogP contribution in [0.15, 0.2) is 30.3 Å². The lowest BCUT2D eigenvalue weighted by Gasteiger charge is -1.91. The Morgan fingerprint density at radius 3 is 2.80 bits per heavy atom. The smallest absolute Gasteiger partial charge is 0.149 e. The third-order valence-electron chi connectivity index (χ3n) is 2.52. The van der Waals surface area contributed by atoms with Gasteiger partial charge in [0.15, 0.2) is 0 Å². The number of epoxide rings is 1. The summed E-state index contributed by atoms with van der Waals surface area (Å²) < 4.78 is 5.51. The summed E-state index contributed by atoms with van der Waals surface area (Å²) in [7, 11) is 0. The van der Waals surface area contributed by atoms with E-state index >= 15 is 0 Å². The van der Waals surface area contributed by atoms with E-state index in [2.05, 4.69) is 30.9 Å². The Bertz CT molecular complexity index is 358. The van der Waals surface area contributed by atoms with Crippen molar-refractivity contribution in [1.29, 1.82) is 0 Å². The van der Waals surface area contributed by atoms with E-state index in [1.807, 2.05) is 18.2 Å². The lowest BCUT2D eigenvalue weighted by Crippen LogP contribution is -1.84. The second kappa shape index (κ2) is 5.00. The van der Waals surface area contributed by atoms with Gasteiger partial charge in [-0.3, -0.25) is 0 Å². The van der Waals surface area contributed by atoms with E-state index < -0.39 is 0 Å². The van der Waals surface area contributed by atoms with Crippen LogP contribution < -0.4 is 0 Å². The molecule has 2 unspecified atom stereocenters. The van der Waals surface area contributed by atoms with Crippen molar-refractivity contribution >= 4 is 0 Å². The topological polar surface area (TPSA) is 12.5 Å². The predicted molar refractivity (Wildman–Crippen MR) is 61.4 cm³/mol. The fourth-order valence-electron chi connectivity index (χ4n) is 1.56. The van der Waals surface area contributed by atoms with Gasteiger partial charge in [0.2, 0.25) is 0 Å². The summed E-state index contributed by atoms with van der Waals surface area (Å²) in [6, 6.07) is 10.3. The monoisotopic (exact) mass is 200 g/mol. The molecule has 1 aliphatic heterocycles. The second-order valence-corrected chi connectivity index (χ2v) is 3.81. The minimum atomic E-state index is 0.143. The minimum Gasteiger partial charge on any atom is -0.351 e. The highest BCUT2D eigenvalue weighted by atomic mass is 16.6. The Labute approximate surface area is 91.5 Å². The highest BCUT2D eigenvalue weighted by molar-refractivity contribution is 5.27. The SMILES string of the molecule is CCCCC#CC1OC1c1ccccc1. The summed E-state index contributed by atoms with van der Waals surface area (Å²) >= 11 is 0. The Kier molecular flexibility index (Phi) is 3.42. The van der Waals surface area contributed by atoms with Crippen molar-refractivity contribution in [3.63, 3.8) is 0 Å². The molecule has 1 nitrogen and oxygen atoms in total. The molecule has 1 aromatic rings. The summed E-state index contributed by atoms with van der Waals surface area (Å²) in [5.74, 6) is 6.34. The fraction of sp³-hybridized carbons (Fsp3) is 0.429. The van der Waals surface area contributed by atoms with Gasteiger partial charge in [-0.1, -0.05) is 49.6 Å². The van der Waals surface area contributed by atoms with Gasteiger partial charge >= 0.3 is 0 Å². The van der Waals surface area contributed by atoms with Crippen LogP contribution >= 0.6 is 0 Å². The molecule has 0 aliphatic carbocycles. The molecule has 1 heteroatoms. The van der Waals surface area contributed by atoms with Crippen molar-refractivity contribution in [2.24, 2.45) is 0 Å². The first kappa shape index (κ1) is 10.3. The van der Waals surface area contributed by atoms with Crippen LogP contribution in [-0.4, -0.2) is 6.10 Å². The van der Waals surface area contributed by atoms with E-state index in [1.54, 1.807) is 0 Å². The zero-order chi connectivity index (χ0) is 10.5. The molecule has 0 aromatic heterocycles. The molecule has 0 amide bonds. The van der Waals surface area contributed by atoms with Crippen LogP contribution in [0.3, 0.4) is 0 Å². The van der Waals surface area contributed by atoms with Crippen LogP contribution in [0.4, 0.5) is 0 Å². The van der Waals surface area contributed by atoms with E-state index in [1.165, 1.54) is 18.4 Å². The van der Waals surface area contributed by atoms with Gasteiger partial charge < -0.3 is 4.74 Å². The van der Waals surface area contributed by atoms with Crippen molar-refractivity contribution in [2.75, 3.05) is 0 Å². The molecule has 1 aliphatic rings. The molecule has 15 heavy (non-hydrogen) atoms. The van der Waals surface area contributed by atoms with Gasteiger partial charge in [-0.25, -0.2) is 0 Å². The van der Waals surface area contributed by atoms with Gasteiger partial charge in [0, 0.05) is 6.42 Å². The van der Waals surface area contributed by atoms with Crippen LogP contribution in [0, 0.1) is 11.8 Å². The van der Waals surface area contributed by atoms with Crippen LogP contribution in [0.5, 0.6) is 0 Å². The molecule has 2 rings (SSSR count). The molecular weight excluding hydrogens is 184 g/mol. The van der Waals surface area contributed by atoms with Crippen molar-refractivity contribution in [3.8, 4) is 11.8 Å². The van der Waals surface area contributed by atoms with Gasteiger partial charge in [-0.15, -0.1) is 5.92 Å². The van der Waals surface area contributed by atoms with Crippen LogP contribution in [0.1, 0.15) is 37.9 Å². The van der Waals surface area contributed by atoms with E-state index in [9.17, 15) is 0 Å². The summed E-state index contributed by atoms with van der Waals surface area (Å²) in [5.41, 5.74) is 1.24. The molecule has 1 heterocycles. The molecular formula is C14H16O. The normalized spacial score (nSPS) is 23.0. The van der Waals surface area contributed by atoms with Gasteiger partial charge in [-0.2, -0.15) is 0 Å². The van der Waals surface area contributed by atoms with Crippen LogP contribution in [-0.2, 0) is 4.74 Å². The van der Waals surface area contributed by atoms with Crippen LogP contribution in [0.2, 0.25) is 0 Å². The van der Waals surface area contributed by atoms with Gasteiger partial charge in [0.05, 0.1) is 0 Å². The molecule has 0 N–H and O–H groups in total. The zero-order valence-electron chi connectivity index (χ0n) is 9.07. The Morgan fingerprint density at radius 1 is 1.27 bits per heavy atom. The largest absolute Gasteiger partial charge is 0.351 e. The van der Waals surface area contributed by atoms with Gasteiger partial charge in [-0.05, 0) is 12.0 Å². The first-order valence-electron chi connectivity index (χ1n) is 5.60. The number of rotatable bonds is 3. The average Bonchev–Trinajstić information content (AvgIpc) is 3.05. The first-order chi connectivity index (χ1) is 7.42. The van der Waals surface area contributed by atoms with E-state index in [0.717, 1.165) is 6.42 Å². The quantitative estimate of drug-likeness (QED) is 0.414. The standard InChI is InChI=1S/C14H16O/c1-2-3-4-8-11-13-14(15-13)12-9-6-5-7-10-12/h5-7,9-10,13-14H,2-4H2,1H3. The Balaban J connectivity index is 1.83. The maximum Gasteiger partial charge on any atom is 0.149 e. The third kappa shape index (κ3) is 2.84. The predicted octanol–water partition coefficient (Wildman–Crippen LogP) is 3.32. The van der Waals surface area contributed by atoms with E-state index in [4.69, 9.17) is 4.74 Å². The highest BCUT2D eigenvalue weighted by Crippen LogP contribution is 2.37. The van der Waals surface area contributed by atoms with Crippen molar-refractivity contribution in [2.45, 2.75) is 38.4 Å². The molecule has 1 saturated heterocycles. The molecule has 0 saturated carbocycles. The van der Waals surface area contributed by atoms with E-state index in [-0.39, 0.29) is 12.2 Å². The number of hydrogen-bond acceptors (Lipinski definition) is 1. The number of ether oxygens (including phenoxy) is 1. The molecule has 1 fully saturated rings. The fourth-order valence-corrected chi connectivity index (χ4v) is 1.56. The molecule has 2 atom stereocenters. The molecule has 78 valence electrons. The van der Waals surface area contributed by atoms with Crippen molar-refractivity contribution in [1.82, 2.24) is 0 Å². The third-order valence-corrected chi connectivity index (χ3v) is 2.52. The maximum absolute atomic E-state index is 5.51. The summed E-state index contributed by atoms with van der Waals surface area (Å²) in [5, 5.41) is 0. The Hall–Kier alpha value is -1.26. The summed E-state index contributed by atoms with van der Waals surface area (Å²) in [4.78, 5) is 0. The van der Waals surface area contributed by atoms with Gasteiger partial charge in [0.25, 0.3) is 0 Å². The van der Waals surface area contributed by atoms with Crippen molar-refractivity contribution < 1.29 is 4.74 Å². The highest BCUT2D eigenvalue weighted by Gasteiger charge is 2.38. The van der Waals surface area contributed by atoms with E-state index in [0.29, 0.717) is 0 Å². The lowest BCUT2D eigenvalue weighted by molar-refractivity contribution is 0.397. The number of benzene rings is 1. The summed E-state index contributed by atoms with van der Waals surface area (Å²) in [6.07, 6.45) is 3.76. The molecule has 0 spiro atoms. The number of unbranched alkanes of at least 4 members (excludes halogenated alkanes) is 2. The molecule has 0 radical (unpaired) electrons. The Morgan fingerprint density at radius 2 is 2.07 bits per heavy atom. The van der Waals surface area contributed by atoms with Gasteiger partial charge in [0.1, 0.15) is 12.2 Å². The second-order valence-electron chi connectivity index (χ2n) is 3.81. The molecule has 1 aromatic carbocycles. The molecule has 0 bridgehead atoms. The zero-order valence-corrected chi connectivity index (χ0v) is 9.07. The summed E-state index contributed by atoms with van der Waals surface area (Å²) in [6.45, 7) is 2.18. The maximum atomic E-state index is 5.51.